The number of carbonyl (C=O) groups is 2. The molecule has 0 aliphatic rings. The van der Waals surface area contributed by atoms with Crippen LogP contribution >= 0.6 is 0 Å². The second-order valence-electron chi connectivity index (χ2n) is 2.96. The minimum atomic E-state index is -0.368. The minimum Gasteiger partial charge on any atom is -0.465 e. The molecular formula is C11H12O3. The van der Waals surface area contributed by atoms with Crippen LogP contribution in [0, 0.1) is 0 Å². The molecule has 74 valence electrons. The second kappa shape index (κ2) is 5.17. The van der Waals surface area contributed by atoms with Gasteiger partial charge in [0.1, 0.15) is 12.9 Å². The predicted molar refractivity (Wildman–Crippen MR) is 51.9 cm³/mol. The lowest BCUT2D eigenvalue weighted by Crippen LogP contribution is -2.11. The summed E-state index contributed by atoms with van der Waals surface area (Å²) in [5.41, 5.74) is 0.865. The van der Waals surface area contributed by atoms with Crippen LogP contribution in [0.2, 0.25) is 0 Å². The van der Waals surface area contributed by atoms with E-state index in [1.807, 2.05) is 30.3 Å². The zero-order chi connectivity index (χ0) is 10.4. The minimum absolute atomic E-state index is 0.114. The van der Waals surface area contributed by atoms with E-state index in [9.17, 15) is 9.59 Å². The number of esters is 1. The molecule has 3 nitrogen and oxygen atoms in total. The van der Waals surface area contributed by atoms with Crippen LogP contribution in [0.3, 0.4) is 0 Å². The molecule has 0 saturated heterocycles. The van der Waals surface area contributed by atoms with Gasteiger partial charge in [-0.05, 0) is 5.56 Å². The third-order valence-electron chi connectivity index (χ3n) is 1.86. The fourth-order valence-electron chi connectivity index (χ4n) is 1.12. The van der Waals surface area contributed by atoms with E-state index < -0.39 is 0 Å². The zero-order valence-corrected chi connectivity index (χ0v) is 7.97. The molecule has 0 saturated carbocycles. The zero-order valence-electron chi connectivity index (χ0n) is 7.97. The molecule has 0 bridgehead atoms. The van der Waals surface area contributed by atoms with Gasteiger partial charge in [-0.2, -0.15) is 0 Å². The molecule has 1 rings (SSSR count). The highest BCUT2D eigenvalue weighted by atomic mass is 16.5. The molecule has 3 heteroatoms. The van der Waals surface area contributed by atoms with Crippen molar-refractivity contribution in [2.45, 2.75) is 12.8 Å². The van der Waals surface area contributed by atoms with Crippen molar-refractivity contribution < 1.29 is 14.3 Å². The van der Waals surface area contributed by atoms with Crippen molar-refractivity contribution in [2.24, 2.45) is 0 Å². The predicted octanol–water partition coefficient (Wildman–Crippen LogP) is 1.53. The van der Waals surface area contributed by atoms with Crippen molar-refractivity contribution in [2.75, 3.05) is 6.61 Å². The molecule has 1 aromatic rings. The van der Waals surface area contributed by atoms with Crippen LogP contribution in [0.5, 0.6) is 0 Å². The fraction of sp³-hybridized carbons (Fsp3) is 0.273. The van der Waals surface area contributed by atoms with Crippen LogP contribution in [-0.2, 0) is 14.3 Å². The van der Waals surface area contributed by atoms with Crippen molar-refractivity contribution in [3.05, 3.63) is 35.9 Å². The molecule has 0 spiro atoms. The Kier molecular flexibility index (Phi) is 3.85. The van der Waals surface area contributed by atoms with Crippen molar-refractivity contribution >= 4 is 12.3 Å². The van der Waals surface area contributed by atoms with Crippen molar-refractivity contribution in [3.8, 4) is 0 Å². The molecule has 0 heterocycles. The van der Waals surface area contributed by atoms with Crippen LogP contribution in [-0.4, -0.2) is 18.9 Å². The Morgan fingerprint density at radius 1 is 1.43 bits per heavy atom. The Labute approximate surface area is 82.7 Å². The van der Waals surface area contributed by atoms with E-state index in [-0.39, 0.29) is 18.5 Å². The number of benzene rings is 1. The molecule has 14 heavy (non-hydrogen) atoms. The number of rotatable bonds is 4. The summed E-state index contributed by atoms with van der Waals surface area (Å²) in [7, 11) is 0. The number of carbonyl (C=O) groups excluding carboxylic acids is 2. The summed E-state index contributed by atoms with van der Waals surface area (Å²) in [6.45, 7) is 1.44. The fourth-order valence-corrected chi connectivity index (χ4v) is 1.12. The smallest absolute Gasteiger partial charge is 0.302 e. The lowest BCUT2D eigenvalue weighted by molar-refractivity contribution is -0.141. The molecule has 1 aromatic carbocycles. The summed E-state index contributed by atoms with van der Waals surface area (Å²) >= 11 is 0. The Bertz CT molecular complexity index is 306. The van der Waals surface area contributed by atoms with Crippen molar-refractivity contribution in [3.63, 3.8) is 0 Å². The van der Waals surface area contributed by atoms with E-state index in [1.54, 1.807) is 0 Å². The lowest BCUT2D eigenvalue weighted by atomic mass is 10.0. The van der Waals surface area contributed by atoms with Crippen molar-refractivity contribution in [1.29, 1.82) is 0 Å². The maximum absolute atomic E-state index is 10.7. The molecule has 0 N–H and O–H groups in total. The summed E-state index contributed by atoms with van der Waals surface area (Å²) < 4.78 is 4.78. The highest BCUT2D eigenvalue weighted by Crippen LogP contribution is 2.12. The number of hydrogen-bond donors (Lipinski definition) is 0. The second-order valence-corrected chi connectivity index (χ2v) is 2.96. The van der Waals surface area contributed by atoms with Gasteiger partial charge in [0.25, 0.3) is 0 Å². The van der Waals surface area contributed by atoms with E-state index >= 15 is 0 Å². The van der Waals surface area contributed by atoms with E-state index in [0.717, 1.165) is 11.8 Å². The van der Waals surface area contributed by atoms with E-state index in [4.69, 9.17) is 4.74 Å². The van der Waals surface area contributed by atoms with Gasteiger partial charge in [-0.25, -0.2) is 0 Å². The molecule has 1 atom stereocenters. The molecule has 0 radical (unpaired) electrons. The normalized spacial score (nSPS) is 11.8. The van der Waals surface area contributed by atoms with Gasteiger partial charge in [0, 0.05) is 6.92 Å². The summed E-state index contributed by atoms with van der Waals surface area (Å²) in [6, 6.07) is 9.24. The molecular weight excluding hydrogens is 180 g/mol. The highest BCUT2D eigenvalue weighted by molar-refractivity contribution is 5.67. The summed E-state index contributed by atoms with van der Waals surface area (Å²) in [5.74, 6) is -0.729. The van der Waals surface area contributed by atoms with Crippen LogP contribution < -0.4 is 0 Å². The Hall–Kier alpha value is -1.64. The summed E-state index contributed by atoms with van der Waals surface area (Å²) in [6.07, 6.45) is 0.790. The van der Waals surface area contributed by atoms with Gasteiger partial charge in [-0.3, -0.25) is 4.79 Å². The first kappa shape index (κ1) is 10.4. The summed E-state index contributed by atoms with van der Waals surface area (Å²) in [5, 5.41) is 0. The third kappa shape index (κ3) is 3.01. The van der Waals surface area contributed by atoms with Gasteiger partial charge in [0.2, 0.25) is 0 Å². The number of aldehydes is 1. The van der Waals surface area contributed by atoms with Crippen LogP contribution in [0.25, 0.3) is 0 Å². The van der Waals surface area contributed by atoms with Gasteiger partial charge in [-0.15, -0.1) is 0 Å². The summed E-state index contributed by atoms with van der Waals surface area (Å²) in [4.78, 5) is 21.3. The third-order valence-corrected chi connectivity index (χ3v) is 1.86. The Morgan fingerprint density at radius 3 is 2.57 bits per heavy atom. The van der Waals surface area contributed by atoms with Crippen LogP contribution in [0.15, 0.2) is 30.3 Å². The molecule has 0 fully saturated rings. The highest BCUT2D eigenvalue weighted by Gasteiger charge is 2.10. The van der Waals surface area contributed by atoms with Gasteiger partial charge < -0.3 is 9.53 Å². The van der Waals surface area contributed by atoms with Gasteiger partial charge in [0.15, 0.2) is 0 Å². The van der Waals surface area contributed by atoms with E-state index in [2.05, 4.69) is 0 Å². The molecule has 0 aliphatic carbocycles. The Balaban J connectivity index is 2.63. The first-order chi connectivity index (χ1) is 6.74. The van der Waals surface area contributed by atoms with Gasteiger partial charge in [0.05, 0.1) is 5.92 Å². The first-order valence-electron chi connectivity index (χ1n) is 4.37. The monoisotopic (exact) mass is 192 g/mol. The molecule has 1 unspecified atom stereocenters. The van der Waals surface area contributed by atoms with Crippen molar-refractivity contribution in [1.82, 2.24) is 0 Å². The lowest BCUT2D eigenvalue weighted by Gasteiger charge is -2.09. The van der Waals surface area contributed by atoms with Gasteiger partial charge >= 0.3 is 5.97 Å². The number of hydrogen-bond acceptors (Lipinski definition) is 3. The quantitative estimate of drug-likeness (QED) is 0.536. The Morgan fingerprint density at radius 2 is 2.07 bits per heavy atom. The average Bonchev–Trinajstić information content (AvgIpc) is 2.20. The van der Waals surface area contributed by atoms with E-state index in [0.29, 0.717) is 0 Å². The molecule has 0 amide bonds. The van der Waals surface area contributed by atoms with Crippen LogP contribution in [0.1, 0.15) is 18.4 Å². The van der Waals surface area contributed by atoms with Crippen LogP contribution in [0.4, 0.5) is 0 Å². The van der Waals surface area contributed by atoms with Gasteiger partial charge in [-0.1, -0.05) is 30.3 Å². The molecule has 0 aromatic heterocycles. The largest absolute Gasteiger partial charge is 0.465 e. The SMILES string of the molecule is CC(=O)OCC(C=O)c1ccccc1. The standard InChI is InChI=1S/C11H12O3/c1-9(13)14-8-11(7-12)10-5-3-2-4-6-10/h2-7,11H,8H2,1H3. The molecule has 0 aliphatic heterocycles. The average molecular weight is 192 g/mol. The topological polar surface area (TPSA) is 43.4 Å². The maximum Gasteiger partial charge on any atom is 0.302 e. The maximum atomic E-state index is 10.7. The van der Waals surface area contributed by atoms with E-state index in [1.165, 1.54) is 6.92 Å². The number of ether oxygens (including phenoxy) is 1. The first-order valence-corrected chi connectivity index (χ1v) is 4.37.